The third kappa shape index (κ3) is 3.51. The number of hydrogen-bond donors (Lipinski definition) is 1. The average molecular weight is 462 g/mol. The first-order valence-electron chi connectivity index (χ1n) is 6.66. The van der Waals surface area contributed by atoms with E-state index in [0.29, 0.717) is 0 Å². The van der Waals surface area contributed by atoms with Gasteiger partial charge < -0.3 is 14.6 Å². The van der Waals surface area contributed by atoms with Gasteiger partial charge in [0.25, 0.3) is 0 Å². The highest BCUT2D eigenvalue weighted by molar-refractivity contribution is 5.89. The lowest BCUT2D eigenvalue weighted by Gasteiger charge is -2.54. The molecular formula is C12H7F13O4. The van der Waals surface area contributed by atoms with Gasteiger partial charge in [0, 0.05) is 0 Å². The molecule has 29 heavy (non-hydrogen) atoms. The molecule has 0 aromatic heterocycles. The van der Waals surface area contributed by atoms with E-state index in [1.165, 1.54) is 0 Å². The highest BCUT2D eigenvalue weighted by atomic mass is 19.4. The number of rotatable bonds is 2. The lowest BCUT2D eigenvalue weighted by molar-refractivity contribution is -0.530. The normalized spacial score (nSPS) is 32.6. The van der Waals surface area contributed by atoms with E-state index in [1.54, 1.807) is 0 Å². The summed E-state index contributed by atoms with van der Waals surface area (Å²) in [5.74, 6) is -22.6. The summed E-state index contributed by atoms with van der Waals surface area (Å²) in [6.07, 6.45) is -24.5. The van der Waals surface area contributed by atoms with Crippen molar-refractivity contribution in [1.82, 2.24) is 0 Å². The minimum atomic E-state index is -6.91. The van der Waals surface area contributed by atoms with Gasteiger partial charge in [0.1, 0.15) is 5.57 Å². The number of alkyl halides is 13. The molecule has 0 aromatic rings. The Morgan fingerprint density at radius 2 is 1.41 bits per heavy atom. The Labute approximate surface area is 150 Å². The molecule has 0 bridgehead atoms. The predicted octanol–water partition coefficient (Wildman–Crippen LogP) is 3.89. The Morgan fingerprint density at radius 3 is 1.72 bits per heavy atom. The van der Waals surface area contributed by atoms with Gasteiger partial charge in [-0.05, 0) is 6.92 Å². The van der Waals surface area contributed by atoms with Crippen LogP contribution in [0.3, 0.4) is 0 Å². The summed E-state index contributed by atoms with van der Waals surface area (Å²) >= 11 is 0. The fourth-order valence-electron chi connectivity index (χ4n) is 2.11. The Hall–Kier alpha value is -1.78. The van der Waals surface area contributed by atoms with Crippen LogP contribution in [0.1, 0.15) is 6.92 Å². The third-order valence-electron chi connectivity index (χ3n) is 3.85. The van der Waals surface area contributed by atoms with Gasteiger partial charge in [0.2, 0.25) is 11.7 Å². The van der Waals surface area contributed by atoms with Gasteiger partial charge in [-0.25, -0.2) is 4.79 Å². The first-order valence-corrected chi connectivity index (χ1v) is 6.66. The molecule has 3 unspecified atom stereocenters. The van der Waals surface area contributed by atoms with Crippen molar-refractivity contribution in [2.24, 2.45) is 0 Å². The second-order valence-electron chi connectivity index (χ2n) is 5.78. The number of carbonyl (C=O) groups is 1. The minimum absolute atomic E-state index is 0.924. The predicted molar refractivity (Wildman–Crippen MR) is 61.5 cm³/mol. The molecule has 4 nitrogen and oxygen atoms in total. The van der Waals surface area contributed by atoms with Gasteiger partial charge in [-0.3, -0.25) is 0 Å². The van der Waals surface area contributed by atoms with E-state index in [0.717, 1.165) is 0 Å². The molecule has 0 spiro atoms. The van der Waals surface area contributed by atoms with Crippen LogP contribution in [0.25, 0.3) is 0 Å². The van der Waals surface area contributed by atoms with Crippen LogP contribution in [0.5, 0.6) is 0 Å². The standard InChI is InChI=1S/C12H7F13O4/c1-3(8(15,16)17)4(26)28-6(2)7(13,14)5(9(18,19)20)29-11(27,10(6,21)22)12(23,24)25/h5,27H,1H2,2H3. The summed E-state index contributed by atoms with van der Waals surface area (Å²) < 4.78 is 177. The Bertz CT molecular complexity index is 691. The zero-order valence-corrected chi connectivity index (χ0v) is 13.4. The number of ether oxygens (including phenoxy) is 2. The molecule has 0 aliphatic carbocycles. The van der Waals surface area contributed by atoms with Crippen molar-refractivity contribution in [2.45, 2.75) is 54.8 Å². The van der Waals surface area contributed by atoms with Crippen LogP contribution in [0.2, 0.25) is 0 Å². The van der Waals surface area contributed by atoms with Gasteiger partial charge in [-0.15, -0.1) is 0 Å². The maximum atomic E-state index is 14.2. The fraction of sp³-hybridized carbons (Fsp3) is 0.750. The zero-order valence-electron chi connectivity index (χ0n) is 13.4. The van der Waals surface area contributed by atoms with Gasteiger partial charge >= 0.3 is 42.1 Å². The molecule has 170 valence electrons. The molecule has 1 saturated heterocycles. The Balaban J connectivity index is 3.77. The van der Waals surface area contributed by atoms with E-state index >= 15 is 0 Å². The van der Waals surface area contributed by atoms with E-state index in [9.17, 15) is 61.9 Å². The van der Waals surface area contributed by atoms with E-state index in [1.807, 2.05) is 6.58 Å². The van der Waals surface area contributed by atoms with Crippen molar-refractivity contribution in [3.05, 3.63) is 12.2 Å². The molecule has 0 amide bonds. The molecule has 17 heteroatoms. The van der Waals surface area contributed by atoms with Crippen LogP contribution in [-0.4, -0.2) is 58.9 Å². The van der Waals surface area contributed by atoms with Crippen molar-refractivity contribution in [3.63, 3.8) is 0 Å². The third-order valence-corrected chi connectivity index (χ3v) is 3.85. The topological polar surface area (TPSA) is 55.8 Å². The largest absolute Gasteiger partial charge is 0.449 e. The molecule has 1 fully saturated rings. The fourth-order valence-corrected chi connectivity index (χ4v) is 2.11. The first-order chi connectivity index (χ1) is 12.4. The number of halogens is 13. The second-order valence-corrected chi connectivity index (χ2v) is 5.78. The van der Waals surface area contributed by atoms with E-state index < -0.39 is 66.3 Å². The molecule has 3 atom stereocenters. The molecule has 0 aromatic carbocycles. The number of carbonyl (C=O) groups excluding carboxylic acids is 1. The minimum Gasteiger partial charge on any atom is -0.442 e. The van der Waals surface area contributed by atoms with Crippen molar-refractivity contribution in [2.75, 3.05) is 0 Å². The summed E-state index contributed by atoms with van der Waals surface area (Å²) in [7, 11) is 0. The summed E-state index contributed by atoms with van der Waals surface area (Å²) in [5.41, 5.74) is -8.44. The lowest BCUT2D eigenvalue weighted by Crippen LogP contribution is -2.83. The Morgan fingerprint density at radius 1 is 1.00 bits per heavy atom. The second kappa shape index (κ2) is 6.36. The van der Waals surface area contributed by atoms with Gasteiger partial charge in [0.15, 0.2) is 0 Å². The molecule has 0 radical (unpaired) electrons. The summed E-state index contributed by atoms with van der Waals surface area (Å²) in [5, 5.41) is 9.08. The number of aliphatic hydroxyl groups is 1. The van der Waals surface area contributed by atoms with Crippen LogP contribution in [0.15, 0.2) is 12.2 Å². The van der Waals surface area contributed by atoms with Crippen LogP contribution in [-0.2, 0) is 14.3 Å². The molecule has 1 aliphatic rings. The maximum Gasteiger partial charge on any atom is 0.449 e. The van der Waals surface area contributed by atoms with Gasteiger partial charge in [-0.1, -0.05) is 6.58 Å². The molecule has 0 saturated carbocycles. The van der Waals surface area contributed by atoms with Crippen molar-refractivity contribution >= 4 is 5.97 Å². The van der Waals surface area contributed by atoms with E-state index in [4.69, 9.17) is 5.11 Å². The molecule has 1 rings (SSSR count). The highest BCUT2D eigenvalue weighted by Crippen LogP contribution is 2.62. The highest BCUT2D eigenvalue weighted by Gasteiger charge is 2.91. The monoisotopic (exact) mass is 462 g/mol. The van der Waals surface area contributed by atoms with Crippen LogP contribution in [0.4, 0.5) is 57.1 Å². The summed E-state index contributed by atoms with van der Waals surface area (Å²) in [6.45, 7) is 1.02. The molecule has 1 heterocycles. The maximum absolute atomic E-state index is 14.2. The Kier molecular flexibility index (Phi) is 5.54. The lowest BCUT2D eigenvalue weighted by atomic mass is 9.78. The smallest absolute Gasteiger partial charge is 0.442 e. The van der Waals surface area contributed by atoms with Crippen LogP contribution in [0, 0.1) is 0 Å². The molecular weight excluding hydrogens is 455 g/mol. The van der Waals surface area contributed by atoms with E-state index in [2.05, 4.69) is 9.47 Å². The van der Waals surface area contributed by atoms with Gasteiger partial charge in [0.05, 0.1) is 0 Å². The molecule has 1 aliphatic heterocycles. The van der Waals surface area contributed by atoms with Crippen molar-refractivity contribution in [1.29, 1.82) is 0 Å². The van der Waals surface area contributed by atoms with Crippen LogP contribution < -0.4 is 0 Å². The van der Waals surface area contributed by atoms with Gasteiger partial charge in [-0.2, -0.15) is 57.1 Å². The van der Waals surface area contributed by atoms with Crippen molar-refractivity contribution in [3.8, 4) is 0 Å². The number of esters is 1. The molecule has 1 N–H and O–H groups in total. The average Bonchev–Trinajstić information content (AvgIpc) is 2.46. The summed E-state index contributed by atoms with van der Waals surface area (Å²) in [6, 6.07) is 0. The van der Waals surface area contributed by atoms with Crippen LogP contribution >= 0.6 is 0 Å². The first kappa shape index (κ1) is 25.3. The van der Waals surface area contributed by atoms with E-state index in [-0.39, 0.29) is 0 Å². The van der Waals surface area contributed by atoms with Crippen molar-refractivity contribution < 1.29 is 76.5 Å². The SMILES string of the molecule is C=C(C(=O)OC1(C)C(F)(F)C(C(F)(F)F)OC(O)(C(F)(F)F)C1(F)F)C(F)(F)F. The quantitative estimate of drug-likeness (QED) is 0.385. The number of hydrogen-bond acceptors (Lipinski definition) is 4. The zero-order chi connectivity index (χ0) is 23.6. The summed E-state index contributed by atoms with van der Waals surface area (Å²) in [4.78, 5) is 11.3.